The number of sulfonamides is 1. The molecule has 44 heavy (non-hydrogen) atoms. The molecular weight excluding hydrogens is 592 g/mol. The first-order valence-electron chi connectivity index (χ1n) is 14.6. The van der Waals surface area contributed by atoms with Gasteiger partial charge in [0.1, 0.15) is 35.0 Å². The van der Waals surface area contributed by atoms with Gasteiger partial charge in [-0.2, -0.15) is 0 Å². The number of fused-ring (bicyclic) bond motifs is 2. The summed E-state index contributed by atoms with van der Waals surface area (Å²) in [6.45, 7) is 5.35. The molecule has 1 saturated heterocycles. The predicted molar refractivity (Wildman–Crippen MR) is 160 cm³/mol. The summed E-state index contributed by atoms with van der Waals surface area (Å²) >= 11 is 0. The molecule has 0 saturated carbocycles. The molecule has 3 aromatic rings. The molecule has 0 bridgehead atoms. The fourth-order valence-electron chi connectivity index (χ4n) is 6.56. The lowest BCUT2D eigenvalue weighted by atomic mass is 9.89. The van der Waals surface area contributed by atoms with E-state index in [9.17, 15) is 13.2 Å². The van der Waals surface area contributed by atoms with E-state index in [0.29, 0.717) is 78.6 Å². The molecule has 11 heteroatoms. The van der Waals surface area contributed by atoms with Crippen LogP contribution in [0.5, 0.6) is 17.2 Å². The van der Waals surface area contributed by atoms with Crippen LogP contribution in [0.25, 0.3) is 11.1 Å². The molecular formula is C33H35F2NO7S. The number of rotatable bonds is 9. The summed E-state index contributed by atoms with van der Waals surface area (Å²) in [5, 5.41) is 0. The van der Waals surface area contributed by atoms with Gasteiger partial charge in [-0.25, -0.2) is 21.5 Å². The van der Waals surface area contributed by atoms with Crippen molar-refractivity contribution in [2.75, 3.05) is 39.7 Å². The molecule has 3 aliphatic rings. The van der Waals surface area contributed by atoms with Crippen LogP contribution in [0.1, 0.15) is 52.7 Å². The van der Waals surface area contributed by atoms with Crippen molar-refractivity contribution in [2.45, 2.75) is 45.1 Å². The number of halogens is 2. The molecule has 2 aliphatic heterocycles. The molecule has 0 radical (unpaired) electrons. The van der Waals surface area contributed by atoms with E-state index in [2.05, 4.69) is 0 Å². The van der Waals surface area contributed by atoms with Gasteiger partial charge >= 0.3 is 5.97 Å². The van der Waals surface area contributed by atoms with Gasteiger partial charge in [-0.1, -0.05) is 6.07 Å². The maximum atomic E-state index is 15.5. The first-order valence-corrected chi connectivity index (χ1v) is 16.5. The van der Waals surface area contributed by atoms with Crippen molar-refractivity contribution in [3.8, 4) is 28.4 Å². The molecule has 3 aromatic carbocycles. The van der Waals surface area contributed by atoms with E-state index in [1.165, 1.54) is 17.7 Å². The number of nitrogens with zero attached hydrogens (tertiary/aromatic N) is 1. The number of hydrogen-bond acceptors (Lipinski definition) is 7. The molecule has 6 rings (SSSR count). The molecule has 0 N–H and O–H groups in total. The number of benzene rings is 3. The maximum Gasteiger partial charge on any atom is 0.306 e. The highest BCUT2D eigenvalue weighted by Gasteiger charge is 2.35. The van der Waals surface area contributed by atoms with Crippen molar-refractivity contribution < 1.29 is 40.9 Å². The Labute approximate surface area is 255 Å². The Morgan fingerprint density at radius 1 is 1.02 bits per heavy atom. The fourth-order valence-corrected chi connectivity index (χ4v) is 7.53. The minimum absolute atomic E-state index is 0.103. The average Bonchev–Trinajstić information content (AvgIpc) is 3.52. The van der Waals surface area contributed by atoms with Crippen molar-refractivity contribution in [1.29, 1.82) is 0 Å². The molecule has 0 spiro atoms. The SMILES string of the molecule is COC(=O)C[C@@H]1COc2cc(O[C@@H]3CCc4c(-c5c(C)cc(OCC6CN(S(C)(=O)=O)C6)cc5C)c(F)cc(F)c43)ccc21. The molecule has 2 atom stereocenters. The van der Waals surface area contributed by atoms with Gasteiger partial charge in [0.05, 0.1) is 33.0 Å². The number of ether oxygens (including phenoxy) is 4. The number of aryl methyl sites for hydroxylation is 2. The van der Waals surface area contributed by atoms with Gasteiger partial charge in [0, 0.05) is 53.7 Å². The third kappa shape index (κ3) is 5.75. The molecule has 1 aliphatic carbocycles. The van der Waals surface area contributed by atoms with Gasteiger partial charge in [-0.15, -0.1) is 0 Å². The van der Waals surface area contributed by atoms with Crippen molar-refractivity contribution in [3.05, 3.63) is 75.8 Å². The Kier molecular flexibility index (Phi) is 8.04. The Hall–Kier alpha value is -3.70. The first-order chi connectivity index (χ1) is 20.9. The molecule has 234 valence electrons. The van der Waals surface area contributed by atoms with Crippen LogP contribution >= 0.6 is 0 Å². The Morgan fingerprint density at radius 2 is 1.75 bits per heavy atom. The summed E-state index contributed by atoms with van der Waals surface area (Å²) in [6.07, 6.45) is 1.74. The summed E-state index contributed by atoms with van der Waals surface area (Å²) < 4.78 is 78.4. The lowest BCUT2D eigenvalue weighted by Gasteiger charge is -2.36. The minimum Gasteiger partial charge on any atom is -0.493 e. The quantitative estimate of drug-likeness (QED) is 0.284. The van der Waals surface area contributed by atoms with Crippen LogP contribution in [-0.2, 0) is 26.0 Å². The standard InChI is InChI=1S/C33H35F2NO7S/c1-18-9-23(41-16-20-14-36(15-20)44(4,38)39)10-19(2)31(18)33-25-7-8-28(32(25)26(34)13-27(33)35)43-22-5-6-24-21(11-30(37)40-3)17-42-29(24)12-22/h5-6,9-10,12-13,20-21,28H,7-8,11,14-17H2,1-4H3/t21-,28-/m1/s1. The van der Waals surface area contributed by atoms with Gasteiger partial charge in [-0.3, -0.25) is 4.79 Å². The summed E-state index contributed by atoms with van der Waals surface area (Å²) in [5.74, 6) is 0.176. The number of carbonyl (C=O) groups excluding carboxylic acids is 1. The van der Waals surface area contributed by atoms with Crippen LogP contribution in [0, 0.1) is 31.4 Å². The number of esters is 1. The smallest absolute Gasteiger partial charge is 0.306 e. The second-order valence-corrected chi connectivity index (χ2v) is 13.9. The Morgan fingerprint density at radius 3 is 2.43 bits per heavy atom. The normalized spacial score (nSPS) is 19.6. The van der Waals surface area contributed by atoms with E-state index in [-0.39, 0.29) is 24.2 Å². The highest BCUT2D eigenvalue weighted by Crippen LogP contribution is 2.46. The molecule has 1 fully saturated rings. The van der Waals surface area contributed by atoms with E-state index >= 15 is 8.78 Å². The highest BCUT2D eigenvalue weighted by molar-refractivity contribution is 7.88. The van der Waals surface area contributed by atoms with Crippen LogP contribution < -0.4 is 14.2 Å². The largest absolute Gasteiger partial charge is 0.493 e. The summed E-state index contributed by atoms with van der Waals surface area (Å²) in [7, 11) is -1.83. The summed E-state index contributed by atoms with van der Waals surface area (Å²) in [4.78, 5) is 11.8. The minimum atomic E-state index is -3.19. The van der Waals surface area contributed by atoms with Gasteiger partial charge < -0.3 is 18.9 Å². The zero-order valence-electron chi connectivity index (χ0n) is 25.1. The van der Waals surface area contributed by atoms with Crippen LogP contribution in [0.3, 0.4) is 0 Å². The average molecular weight is 628 g/mol. The fraction of sp³-hybridized carbons (Fsp3) is 0.424. The molecule has 0 unspecified atom stereocenters. The van der Waals surface area contributed by atoms with Gasteiger partial charge in [-0.05, 0) is 67.1 Å². The number of methoxy groups -OCH3 is 1. The van der Waals surface area contributed by atoms with Crippen molar-refractivity contribution in [1.82, 2.24) is 4.31 Å². The van der Waals surface area contributed by atoms with Crippen LogP contribution in [0.2, 0.25) is 0 Å². The lowest BCUT2D eigenvalue weighted by Crippen LogP contribution is -2.51. The van der Waals surface area contributed by atoms with Crippen LogP contribution in [0.4, 0.5) is 8.78 Å². The second-order valence-electron chi connectivity index (χ2n) is 11.9. The molecule has 0 aromatic heterocycles. The topological polar surface area (TPSA) is 91.4 Å². The maximum absolute atomic E-state index is 15.5. The van der Waals surface area contributed by atoms with E-state index in [0.717, 1.165) is 22.8 Å². The van der Waals surface area contributed by atoms with Gasteiger partial charge in [0.15, 0.2) is 0 Å². The van der Waals surface area contributed by atoms with Crippen molar-refractivity contribution in [2.24, 2.45) is 5.92 Å². The third-order valence-electron chi connectivity index (χ3n) is 8.77. The summed E-state index contributed by atoms with van der Waals surface area (Å²) in [5.41, 5.74) is 4.50. The predicted octanol–water partition coefficient (Wildman–Crippen LogP) is 5.62. The Balaban J connectivity index is 1.21. The van der Waals surface area contributed by atoms with Crippen molar-refractivity contribution >= 4 is 16.0 Å². The van der Waals surface area contributed by atoms with E-state index in [1.807, 2.05) is 32.0 Å². The Bertz CT molecular complexity index is 1710. The van der Waals surface area contributed by atoms with Crippen LogP contribution in [-0.4, -0.2) is 58.4 Å². The van der Waals surface area contributed by atoms with E-state index in [4.69, 9.17) is 18.9 Å². The first kappa shape index (κ1) is 30.3. The molecule has 0 amide bonds. The van der Waals surface area contributed by atoms with Gasteiger partial charge in [0.2, 0.25) is 10.0 Å². The highest BCUT2D eigenvalue weighted by atomic mass is 32.2. The number of carbonyl (C=O) groups is 1. The zero-order valence-corrected chi connectivity index (χ0v) is 25.9. The second kappa shape index (κ2) is 11.7. The molecule has 2 heterocycles. The summed E-state index contributed by atoms with van der Waals surface area (Å²) in [6, 6.07) is 10.0. The van der Waals surface area contributed by atoms with Gasteiger partial charge in [0.25, 0.3) is 0 Å². The van der Waals surface area contributed by atoms with E-state index < -0.39 is 27.8 Å². The molecule has 8 nitrogen and oxygen atoms in total. The lowest BCUT2D eigenvalue weighted by molar-refractivity contribution is -0.141. The third-order valence-corrected chi connectivity index (χ3v) is 10.0. The van der Waals surface area contributed by atoms with Crippen molar-refractivity contribution in [3.63, 3.8) is 0 Å². The zero-order chi connectivity index (χ0) is 31.3. The van der Waals surface area contributed by atoms with Crippen LogP contribution in [0.15, 0.2) is 36.4 Å². The number of hydrogen-bond donors (Lipinski definition) is 0. The monoisotopic (exact) mass is 627 g/mol. The van der Waals surface area contributed by atoms with E-state index in [1.54, 1.807) is 12.1 Å².